The minimum absolute atomic E-state index is 0.0235. The molecule has 2 aromatic carbocycles. The van der Waals surface area contributed by atoms with Gasteiger partial charge >= 0.3 is 6.18 Å². The van der Waals surface area contributed by atoms with Crippen LogP contribution in [0, 0.1) is 12.8 Å². The Morgan fingerprint density at radius 2 is 1.58 bits per heavy atom. The summed E-state index contributed by atoms with van der Waals surface area (Å²) < 4.78 is 36.6. The fourth-order valence-corrected chi connectivity index (χ4v) is 2.75. The fraction of sp³-hybridized carbons (Fsp3) is 0.318. The van der Waals surface area contributed by atoms with Crippen molar-refractivity contribution in [3.63, 3.8) is 0 Å². The third-order valence-corrected chi connectivity index (χ3v) is 4.38. The maximum atomic E-state index is 12.7. The standard InChI is InChI=1S/C22H24F3N3O3/c1-13(2)18(28-20(30)16-6-4-5-14(3)11-16)21(31)27-17-9-7-15(8-10-17)19(29)26-12-22(23,24)25/h4-11,13,18H,12H2,1-3H3,(H,26,29)(H,27,31)(H,28,30). The SMILES string of the molecule is Cc1cccc(C(=O)NC(C(=O)Nc2ccc(C(=O)NCC(F)(F)F)cc2)C(C)C)c1. The number of rotatable bonds is 7. The molecule has 31 heavy (non-hydrogen) atoms. The van der Waals surface area contributed by atoms with Gasteiger partial charge in [0, 0.05) is 16.8 Å². The molecule has 1 unspecified atom stereocenters. The van der Waals surface area contributed by atoms with Gasteiger partial charge < -0.3 is 16.0 Å². The Bertz CT molecular complexity index is 941. The van der Waals surface area contributed by atoms with Crippen LogP contribution in [0.4, 0.5) is 18.9 Å². The van der Waals surface area contributed by atoms with Gasteiger partial charge in [-0.15, -0.1) is 0 Å². The lowest BCUT2D eigenvalue weighted by atomic mass is 10.0. The molecule has 0 aliphatic rings. The van der Waals surface area contributed by atoms with E-state index in [0.717, 1.165) is 5.56 Å². The smallest absolute Gasteiger partial charge is 0.343 e. The molecule has 0 saturated heterocycles. The first-order valence-corrected chi connectivity index (χ1v) is 9.59. The number of aryl methyl sites for hydroxylation is 1. The van der Waals surface area contributed by atoms with E-state index in [-0.39, 0.29) is 17.4 Å². The van der Waals surface area contributed by atoms with Crippen LogP contribution in [0.2, 0.25) is 0 Å². The summed E-state index contributed by atoms with van der Waals surface area (Å²) in [7, 11) is 0. The molecule has 0 fully saturated rings. The van der Waals surface area contributed by atoms with Crippen LogP contribution in [0.3, 0.4) is 0 Å². The molecule has 166 valence electrons. The van der Waals surface area contributed by atoms with Gasteiger partial charge in [0.2, 0.25) is 5.91 Å². The highest BCUT2D eigenvalue weighted by atomic mass is 19.4. The average molecular weight is 435 g/mol. The molecule has 0 aliphatic heterocycles. The predicted molar refractivity (Wildman–Crippen MR) is 111 cm³/mol. The number of amides is 3. The molecule has 0 aromatic heterocycles. The van der Waals surface area contributed by atoms with Gasteiger partial charge in [-0.3, -0.25) is 14.4 Å². The fourth-order valence-electron chi connectivity index (χ4n) is 2.75. The molecule has 1 atom stereocenters. The largest absolute Gasteiger partial charge is 0.405 e. The second-order valence-corrected chi connectivity index (χ2v) is 7.43. The van der Waals surface area contributed by atoms with Crippen molar-refractivity contribution in [2.24, 2.45) is 5.92 Å². The van der Waals surface area contributed by atoms with Gasteiger partial charge in [-0.1, -0.05) is 31.5 Å². The summed E-state index contributed by atoms with van der Waals surface area (Å²) in [5.41, 5.74) is 1.72. The Kier molecular flexibility index (Phi) is 7.79. The van der Waals surface area contributed by atoms with E-state index >= 15 is 0 Å². The molecule has 0 saturated carbocycles. The Morgan fingerprint density at radius 3 is 2.13 bits per heavy atom. The summed E-state index contributed by atoms with van der Waals surface area (Å²) in [6.45, 7) is 4.00. The van der Waals surface area contributed by atoms with Crippen molar-refractivity contribution < 1.29 is 27.6 Å². The number of hydrogen-bond donors (Lipinski definition) is 3. The van der Waals surface area contributed by atoms with E-state index in [1.165, 1.54) is 24.3 Å². The number of anilines is 1. The number of alkyl halides is 3. The Hall–Kier alpha value is -3.36. The topological polar surface area (TPSA) is 87.3 Å². The Balaban J connectivity index is 2.02. The monoisotopic (exact) mass is 435 g/mol. The van der Waals surface area contributed by atoms with Crippen LogP contribution in [0.15, 0.2) is 48.5 Å². The van der Waals surface area contributed by atoms with Crippen LogP contribution >= 0.6 is 0 Å². The third kappa shape index (κ3) is 7.44. The van der Waals surface area contributed by atoms with Crippen molar-refractivity contribution in [2.75, 3.05) is 11.9 Å². The zero-order valence-corrected chi connectivity index (χ0v) is 17.3. The van der Waals surface area contributed by atoms with Crippen LogP contribution in [-0.4, -0.2) is 36.5 Å². The van der Waals surface area contributed by atoms with Crippen LogP contribution in [0.1, 0.15) is 40.1 Å². The van der Waals surface area contributed by atoms with Gasteiger partial charge in [-0.2, -0.15) is 13.2 Å². The predicted octanol–water partition coefficient (Wildman–Crippen LogP) is 3.68. The zero-order valence-electron chi connectivity index (χ0n) is 17.3. The molecule has 0 heterocycles. The maximum absolute atomic E-state index is 12.7. The molecule has 6 nitrogen and oxygen atoms in total. The molecule has 9 heteroatoms. The summed E-state index contributed by atoms with van der Waals surface area (Å²) in [5, 5.41) is 7.14. The first kappa shape index (κ1) is 23.9. The van der Waals surface area contributed by atoms with E-state index < -0.39 is 30.6 Å². The van der Waals surface area contributed by atoms with E-state index in [2.05, 4.69) is 10.6 Å². The Morgan fingerprint density at radius 1 is 0.935 bits per heavy atom. The molecule has 0 bridgehead atoms. The lowest BCUT2D eigenvalue weighted by molar-refractivity contribution is -0.123. The van der Waals surface area contributed by atoms with E-state index in [4.69, 9.17) is 0 Å². The first-order chi connectivity index (χ1) is 14.5. The van der Waals surface area contributed by atoms with Gasteiger partial charge in [-0.05, 0) is 49.2 Å². The molecule has 0 radical (unpaired) electrons. The number of hydrogen-bond acceptors (Lipinski definition) is 3. The molecule has 3 amide bonds. The van der Waals surface area contributed by atoms with E-state index in [1.807, 2.05) is 13.0 Å². The molecule has 2 rings (SSSR count). The zero-order chi connectivity index (χ0) is 23.2. The highest BCUT2D eigenvalue weighted by molar-refractivity contribution is 6.01. The van der Waals surface area contributed by atoms with Crippen molar-refractivity contribution in [2.45, 2.75) is 33.0 Å². The summed E-state index contributed by atoms with van der Waals surface area (Å²) in [6, 6.07) is 11.6. The number of carbonyl (C=O) groups is 3. The van der Waals surface area contributed by atoms with E-state index in [1.54, 1.807) is 37.4 Å². The number of halogens is 3. The van der Waals surface area contributed by atoms with Crippen molar-refractivity contribution >= 4 is 23.4 Å². The number of nitrogens with one attached hydrogen (secondary N) is 3. The second-order valence-electron chi connectivity index (χ2n) is 7.43. The average Bonchev–Trinajstić information content (AvgIpc) is 2.69. The highest BCUT2D eigenvalue weighted by Gasteiger charge is 2.28. The van der Waals surface area contributed by atoms with Crippen molar-refractivity contribution in [1.29, 1.82) is 0 Å². The van der Waals surface area contributed by atoms with E-state index in [0.29, 0.717) is 11.3 Å². The summed E-state index contributed by atoms with van der Waals surface area (Å²) in [4.78, 5) is 37.0. The Labute approximate surface area is 178 Å². The first-order valence-electron chi connectivity index (χ1n) is 9.59. The van der Waals surface area contributed by atoms with Crippen LogP contribution in [0.25, 0.3) is 0 Å². The van der Waals surface area contributed by atoms with Gasteiger partial charge in [-0.25, -0.2) is 0 Å². The highest BCUT2D eigenvalue weighted by Crippen LogP contribution is 2.15. The van der Waals surface area contributed by atoms with Gasteiger partial charge in [0.05, 0.1) is 0 Å². The van der Waals surface area contributed by atoms with Crippen molar-refractivity contribution in [1.82, 2.24) is 10.6 Å². The molecule has 2 aromatic rings. The molecular weight excluding hydrogens is 411 g/mol. The minimum Gasteiger partial charge on any atom is -0.343 e. The van der Waals surface area contributed by atoms with E-state index in [9.17, 15) is 27.6 Å². The molecule has 3 N–H and O–H groups in total. The van der Waals surface area contributed by atoms with Crippen LogP contribution in [-0.2, 0) is 4.79 Å². The van der Waals surface area contributed by atoms with Gasteiger partial charge in [0.25, 0.3) is 11.8 Å². The third-order valence-electron chi connectivity index (χ3n) is 4.38. The lowest BCUT2D eigenvalue weighted by Gasteiger charge is -2.22. The van der Waals surface area contributed by atoms with Crippen molar-refractivity contribution in [3.8, 4) is 0 Å². The number of benzene rings is 2. The molecular formula is C22H24F3N3O3. The lowest BCUT2D eigenvalue weighted by Crippen LogP contribution is -2.47. The normalized spacial score (nSPS) is 12.2. The number of carbonyl (C=O) groups excluding carboxylic acids is 3. The molecule has 0 spiro atoms. The minimum atomic E-state index is -4.50. The van der Waals surface area contributed by atoms with Crippen molar-refractivity contribution in [3.05, 3.63) is 65.2 Å². The summed E-state index contributed by atoms with van der Waals surface area (Å²) in [5.74, 6) is -1.92. The molecule has 0 aliphatic carbocycles. The maximum Gasteiger partial charge on any atom is 0.405 e. The van der Waals surface area contributed by atoms with Gasteiger partial charge in [0.1, 0.15) is 12.6 Å². The second kappa shape index (κ2) is 10.1. The van der Waals surface area contributed by atoms with Crippen LogP contribution < -0.4 is 16.0 Å². The summed E-state index contributed by atoms with van der Waals surface area (Å²) >= 11 is 0. The quantitative estimate of drug-likeness (QED) is 0.620. The summed E-state index contributed by atoms with van der Waals surface area (Å²) in [6.07, 6.45) is -4.50. The van der Waals surface area contributed by atoms with Crippen LogP contribution in [0.5, 0.6) is 0 Å². The van der Waals surface area contributed by atoms with Gasteiger partial charge in [0.15, 0.2) is 0 Å².